The molecule has 4 nitrogen and oxygen atoms in total. The third-order valence-electron chi connectivity index (χ3n) is 1.88. The second-order valence-electron chi connectivity index (χ2n) is 3.20. The van der Waals surface area contributed by atoms with Gasteiger partial charge >= 0.3 is 0 Å². The maximum atomic E-state index is 11.7. The van der Waals surface area contributed by atoms with Crippen molar-refractivity contribution >= 4 is 45.7 Å². The molecule has 0 unspecified atom stereocenters. The molecular weight excluding hydrogens is 339 g/mol. The lowest BCUT2D eigenvalue weighted by Gasteiger charge is -2.04. The molecule has 0 radical (unpaired) electrons. The lowest BCUT2D eigenvalue weighted by Crippen LogP contribution is -2.36. The Bertz CT molecular complexity index is 404. The Morgan fingerprint density at radius 1 is 1.44 bits per heavy atom. The number of hydrogen-bond acceptors (Lipinski definition) is 3. The molecule has 0 spiro atoms. The molecule has 0 atom stereocenters. The van der Waals surface area contributed by atoms with Gasteiger partial charge in [-0.05, 0) is 48.1 Å². The fourth-order valence-corrected chi connectivity index (χ4v) is 3.11. The molecular formula is C10H13IN2O2S. The van der Waals surface area contributed by atoms with Gasteiger partial charge in [-0.25, -0.2) is 0 Å². The van der Waals surface area contributed by atoms with Gasteiger partial charge in [0.15, 0.2) is 0 Å². The minimum Gasteiger partial charge on any atom is -0.355 e. The van der Waals surface area contributed by atoms with E-state index < -0.39 is 0 Å². The average Bonchev–Trinajstić information content (AvgIpc) is 2.55. The van der Waals surface area contributed by atoms with Gasteiger partial charge in [0.2, 0.25) is 5.91 Å². The van der Waals surface area contributed by atoms with E-state index in [1.165, 1.54) is 11.3 Å². The number of rotatable bonds is 4. The number of nitrogens with one attached hydrogen (secondary N) is 2. The minimum absolute atomic E-state index is 0.0284. The van der Waals surface area contributed by atoms with Gasteiger partial charge in [-0.1, -0.05) is 0 Å². The predicted octanol–water partition coefficient (Wildman–Crippen LogP) is 1.53. The van der Waals surface area contributed by atoms with E-state index in [1.807, 2.05) is 19.9 Å². The Balaban J connectivity index is 2.53. The van der Waals surface area contributed by atoms with Crippen molar-refractivity contribution in [3.05, 3.63) is 19.4 Å². The molecule has 0 saturated heterocycles. The molecule has 0 saturated carbocycles. The summed E-state index contributed by atoms with van der Waals surface area (Å²) in [6, 6.07) is 1.95. The third-order valence-corrected chi connectivity index (χ3v) is 3.87. The quantitative estimate of drug-likeness (QED) is 0.808. The van der Waals surface area contributed by atoms with Crippen molar-refractivity contribution in [3.63, 3.8) is 0 Å². The van der Waals surface area contributed by atoms with E-state index in [4.69, 9.17) is 0 Å². The van der Waals surface area contributed by atoms with Crippen LogP contribution in [-0.2, 0) is 4.79 Å². The maximum absolute atomic E-state index is 11.7. The average molecular weight is 352 g/mol. The fourth-order valence-electron chi connectivity index (χ4n) is 1.17. The molecule has 1 aromatic heterocycles. The number of amides is 2. The number of carbonyl (C=O) groups is 2. The highest BCUT2D eigenvalue weighted by Gasteiger charge is 2.13. The highest BCUT2D eigenvalue weighted by atomic mass is 127. The lowest BCUT2D eigenvalue weighted by atomic mass is 10.3. The van der Waals surface area contributed by atoms with Crippen molar-refractivity contribution in [2.24, 2.45) is 0 Å². The Morgan fingerprint density at radius 2 is 2.12 bits per heavy atom. The first-order valence-corrected chi connectivity index (χ1v) is 6.75. The van der Waals surface area contributed by atoms with Gasteiger partial charge in [-0.3, -0.25) is 9.59 Å². The number of carbonyl (C=O) groups excluding carboxylic acids is 2. The van der Waals surface area contributed by atoms with Crippen LogP contribution in [0.3, 0.4) is 0 Å². The third kappa shape index (κ3) is 3.75. The van der Waals surface area contributed by atoms with Crippen LogP contribution in [0.4, 0.5) is 0 Å². The van der Waals surface area contributed by atoms with Crippen molar-refractivity contribution < 1.29 is 9.59 Å². The summed E-state index contributed by atoms with van der Waals surface area (Å²) in [4.78, 5) is 23.5. The highest BCUT2D eigenvalue weighted by molar-refractivity contribution is 14.1. The molecule has 0 aliphatic rings. The molecule has 0 fully saturated rings. The molecule has 2 N–H and O–H groups in total. The molecule has 0 aliphatic carbocycles. The zero-order valence-corrected chi connectivity index (χ0v) is 12.1. The van der Waals surface area contributed by atoms with Crippen molar-refractivity contribution in [2.45, 2.75) is 13.8 Å². The van der Waals surface area contributed by atoms with Crippen LogP contribution in [0.15, 0.2) is 6.07 Å². The monoisotopic (exact) mass is 352 g/mol. The van der Waals surface area contributed by atoms with E-state index in [0.717, 1.165) is 8.45 Å². The molecule has 0 aliphatic heterocycles. The largest absolute Gasteiger partial charge is 0.355 e. The Kier molecular flexibility index (Phi) is 5.20. The van der Waals surface area contributed by atoms with Crippen molar-refractivity contribution in [3.8, 4) is 0 Å². The second kappa shape index (κ2) is 6.19. The minimum atomic E-state index is -0.184. The van der Waals surface area contributed by atoms with Crippen LogP contribution in [-0.4, -0.2) is 24.9 Å². The van der Waals surface area contributed by atoms with Crippen LogP contribution in [0, 0.1) is 9.81 Å². The Hall–Kier alpha value is -0.630. The number of likely N-dealkylation sites (N-methyl/N-ethyl adjacent to an activating group) is 1. The zero-order valence-electron chi connectivity index (χ0n) is 9.09. The highest BCUT2D eigenvalue weighted by Crippen LogP contribution is 2.22. The smallest absolute Gasteiger partial charge is 0.262 e. The van der Waals surface area contributed by atoms with Crippen molar-refractivity contribution in [2.75, 3.05) is 13.1 Å². The fraction of sp³-hybridized carbons (Fsp3) is 0.400. The summed E-state index contributed by atoms with van der Waals surface area (Å²) < 4.78 is 1.07. The number of aryl methyl sites for hydroxylation is 1. The standard InChI is InChI=1S/C10H13IN2O2S/c1-3-12-8(14)5-13-10(15)9-6(2)4-7(11)16-9/h4H,3,5H2,1-2H3,(H,12,14)(H,13,15). The number of halogens is 1. The molecule has 16 heavy (non-hydrogen) atoms. The number of thiophene rings is 1. The summed E-state index contributed by atoms with van der Waals surface area (Å²) in [5.74, 6) is -0.351. The SMILES string of the molecule is CCNC(=O)CNC(=O)c1sc(I)cc1C. The van der Waals surface area contributed by atoms with E-state index in [9.17, 15) is 9.59 Å². The van der Waals surface area contributed by atoms with E-state index in [-0.39, 0.29) is 18.4 Å². The molecule has 6 heteroatoms. The summed E-state index contributed by atoms with van der Waals surface area (Å²) in [7, 11) is 0. The lowest BCUT2D eigenvalue weighted by molar-refractivity contribution is -0.120. The van der Waals surface area contributed by atoms with Crippen LogP contribution in [0.1, 0.15) is 22.2 Å². The Labute approximate surface area is 112 Å². The van der Waals surface area contributed by atoms with Gasteiger partial charge in [0.25, 0.3) is 5.91 Å². The van der Waals surface area contributed by atoms with Gasteiger partial charge in [-0.15, -0.1) is 11.3 Å². The molecule has 1 aromatic rings. The van der Waals surface area contributed by atoms with Crippen LogP contribution in [0.2, 0.25) is 0 Å². The van der Waals surface area contributed by atoms with Crippen LogP contribution < -0.4 is 10.6 Å². The summed E-state index contributed by atoms with van der Waals surface area (Å²) in [5.41, 5.74) is 0.947. The first-order chi connectivity index (χ1) is 7.54. The molecule has 0 bridgehead atoms. The summed E-state index contributed by atoms with van der Waals surface area (Å²) in [6.07, 6.45) is 0. The first kappa shape index (κ1) is 13.4. The molecule has 0 aromatic carbocycles. The van der Waals surface area contributed by atoms with Crippen LogP contribution in [0.25, 0.3) is 0 Å². The molecule has 1 heterocycles. The predicted molar refractivity (Wildman–Crippen MR) is 72.8 cm³/mol. The molecule has 2 amide bonds. The summed E-state index contributed by atoms with van der Waals surface area (Å²) >= 11 is 3.60. The maximum Gasteiger partial charge on any atom is 0.262 e. The van der Waals surface area contributed by atoms with Gasteiger partial charge in [0, 0.05) is 6.54 Å². The van der Waals surface area contributed by atoms with E-state index >= 15 is 0 Å². The number of hydrogen-bond donors (Lipinski definition) is 2. The zero-order chi connectivity index (χ0) is 12.1. The van der Waals surface area contributed by atoms with E-state index in [0.29, 0.717) is 11.4 Å². The normalized spacial score (nSPS) is 9.94. The summed E-state index contributed by atoms with van der Waals surface area (Å²) in [6.45, 7) is 4.33. The van der Waals surface area contributed by atoms with Crippen LogP contribution >= 0.6 is 33.9 Å². The van der Waals surface area contributed by atoms with E-state index in [1.54, 1.807) is 0 Å². The molecule has 1 rings (SSSR count). The Morgan fingerprint density at radius 3 is 2.62 bits per heavy atom. The topological polar surface area (TPSA) is 58.2 Å². The van der Waals surface area contributed by atoms with Gasteiger partial charge in [0.05, 0.1) is 14.3 Å². The van der Waals surface area contributed by atoms with E-state index in [2.05, 4.69) is 33.2 Å². The second-order valence-corrected chi connectivity index (χ2v) is 6.15. The van der Waals surface area contributed by atoms with Gasteiger partial charge < -0.3 is 10.6 Å². The summed E-state index contributed by atoms with van der Waals surface area (Å²) in [5, 5.41) is 5.21. The van der Waals surface area contributed by atoms with Gasteiger partial charge in [0.1, 0.15) is 0 Å². The van der Waals surface area contributed by atoms with Crippen molar-refractivity contribution in [1.82, 2.24) is 10.6 Å². The van der Waals surface area contributed by atoms with Gasteiger partial charge in [-0.2, -0.15) is 0 Å². The first-order valence-electron chi connectivity index (χ1n) is 4.85. The molecule has 88 valence electrons. The van der Waals surface area contributed by atoms with Crippen LogP contribution in [0.5, 0.6) is 0 Å². The van der Waals surface area contributed by atoms with Crippen molar-refractivity contribution in [1.29, 1.82) is 0 Å².